The minimum absolute atomic E-state index is 0.148. The van der Waals surface area contributed by atoms with Crippen molar-refractivity contribution in [1.82, 2.24) is 9.97 Å². The van der Waals surface area contributed by atoms with Gasteiger partial charge in [0, 0.05) is 23.0 Å². The number of halogens is 3. The lowest BCUT2D eigenvalue weighted by Crippen LogP contribution is -2.27. The SMILES string of the molecule is Cc1ncncc1C(OC(=O)C(C)(C)C)c1ccccc1C(F)(F)F. The summed E-state index contributed by atoms with van der Waals surface area (Å²) in [5.74, 6) is -0.613. The zero-order valence-electron chi connectivity index (χ0n) is 14.4. The first-order chi connectivity index (χ1) is 11.5. The summed E-state index contributed by atoms with van der Waals surface area (Å²) in [6.07, 6.45) is -3.16. The van der Waals surface area contributed by atoms with Gasteiger partial charge in [-0.3, -0.25) is 4.79 Å². The van der Waals surface area contributed by atoms with Gasteiger partial charge < -0.3 is 4.74 Å². The topological polar surface area (TPSA) is 52.1 Å². The Morgan fingerprint density at radius 2 is 1.76 bits per heavy atom. The molecular formula is C18H19F3N2O2. The molecule has 0 N–H and O–H groups in total. The summed E-state index contributed by atoms with van der Waals surface area (Å²) in [6, 6.07) is 5.03. The highest BCUT2D eigenvalue weighted by Crippen LogP contribution is 2.39. The van der Waals surface area contributed by atoms with Crippen LogP contribution in [0.3, 0.4) is 0 Å². The smallest absolute Gasteiger partial charge is 0.416 e. The fourth-order valence-electron chi connectivity index (χ4n) is 2.22. The third kappa shape index (κ3) is 4.35. The molecule has 1 unspecified atom stereocenters. The highest BCUT2D eigenvalue weighted by atomic mass is 19.4. The molecule has 25 heavy (non-hydrogen) atoms. The normalized spacial score (nSPS) is 13.4. The monoisotopic (exact) mass is 352 g/mol. The van der Waals surface area contributed by atoms with E-state index in [9.17, 15) is 18.0 Å². The van der Waals surface area contributed by atoms with Crippen molar-refractivity contribution in [3.8, 4) is 0 Å². The number of carbonyl (C=O) groups is 1. The lowest BCUT2D eigenvalue weighted by atomic mass is 9.94. The lowest BCUT2D eigenvalue weighted by molar-refractivity contribution is -0.158. The van der Waals surface area contributed by atoms with Crippen molar-refractivity contribution in [3.63, 3.8) is 0 Å². The molecule has 0 aliphatic carbocycles. The van der Waals surface area contributed by atoms with Crippen LogP contribution in [-0.2, 0) is 15.7 Å². The zero-order chi connectivity index (χ0) is 18.8. The first-order valence-electron chi connectivity index (χ1n) is 7.65. The van der Waals surface area contributed by atoms with Gasteiger partial charge in [0.25, 0.3) is 0 Å². The molecule has 0 aliphatic rings. The van der Waals surface area contributed by atoms with E-state index >= 15 is 0 Å². The Labute approximate surface area is 144 Å². The van der Waals surface area contributed by atoms with Gasteiger partial charge in [-0.25, -0.2) is 9.97 Å². The van der Waals surface area contributed by atoms with Crippen LogP contribution in [0.4, 0.5) is 13.2 Å². The predicted molar refractivity (Wildman–Crippen MR) is 85.6 cm³/mol. The molecule has 0 spiro atoms. The van der Waals surface area contributed by atoms with Crippen LogP contribution in [0, 0.1) is 12.3 Å². The van der Waals surface area contributed by atoms with E-state index in [1.165, 1.54) is 30.7 Å². The van der Waals surface area contributed by atoms with Crippen LogP contribution in [0.5, 0.6) is 0 Å². The third-order valence-electron chi connectivity index (χ3n) is 3.62. The zero-order valence-corrected chi connectivity index (χ0v) is 14.4. The summed E-state index contributed by atoms with van der Waals surface area (Å²) in [7, 11) is 0. The number of aryl methyl sites for hydroxylation is 1. The summed E-state index contributed by atoms with van der Waals surface area (Å²) < 4.78 is 45.8. The maximum absolute atomic E-state index is 13.4. The van der Waals surface area contributed by atoms with Gasteiger partial charge in [-0.15, -0.1) is 0 Å². The van der Waals surface area contributed by atoms with Crippen molar-refractivity contribution in [2.24, 2.45) is 5.41 Å². The Balaban J connectivity index is 2.61. The molecule has 1 heterocycles. The second-order valence-electron chi connectivity index (χ2n) is 6.68. The second-order valence-corrected chi connectivity index (χ2v) is 6.68. The van der Waals surface area contributed by atoms with Crippen molar-refractivity contribution in [2.75, 3.05) is 0 Å². The molecule has 0 radical (unpaired) electrons. The predicted octanol–water partition coefficient (Wildman–Crippen LogP) is 4.48. The van der Waals surface area contributed by atoms with Gasteiger partial charge in [0.15, 0.2) is 6.10 Å². The van der Waals surface area contributed by atoms with Gasteiger partial charge in [-0.2, -0.15) is 13.2 Å². The third-order valence-corrected chi connectivity index (χ3v) is 3.62. The minimum atomic E-state index is -4.58. The number of alkyl halides is 3. The van der Waals surface area contributed by atoms with Crippen LogP contribution in [0.2, 0.25) is 0 Å². The van der Waals surface area contributed by atoms with E-state index in [-0.39, 0.29) is 5.56 Å². The Hall–Kier alpha value is -2.44. The highest BCUT2D eigenvalue weighted by molar-refractivity contribution is 5.76. The number of aromatic nitrogens is 2. The van der Waals surface area contributed by atoms with Gasteiger partial charge in [-0.05, 0) is 33.8 Å². The van der Waals surface area contributed by atoms with E-state index in [4.69, 9.17) is 4.74 Å². The Kier molecular flexibility index (Phi) is 5.15. The van der Waals surface area contributed by atoms with Gasteiger partial charge >= 0.3 is 12.1 Å². The molecule has 7 heteroatoms. The van der Waals surface area contributed by atoms with Crippen molar-refractivity contribution in [3.05, 3.63) is 59.2 Å². The molecule has 0 saturated heterocycles. The molecule has 0 bridgehead atoms. The molecule has 1 aromatic heterocycles. The van der Waals surface area contributed by atoms with Crippen molar-refractivity contribution < 1.29 is 22.7 Å². The fraction of sp³-hybridized carbons (Fsp3) is 0.389. The minimum Gasteiger partial charge on any atom is -0.452 e. The molecule has 2 aromatic rings. The van der Waals surface area contributed by atoms with Crippen LogP contribution >= 0.6 is 0 Å². The molecule has 1 atom stereocenters. The van der Waals surface area contributed by atoms with Gasteiger partial charge in [0.2, 0.25) is 0 Å². The van der Waals surface area contributed by atoms with Crippen molar-refractivity contribution in [1.29, 1.82) is 0 Å². The van der Waals surface area contributed by atoms with Crippen LogP contribution < -0.4 is 0 Å². The summed E-state index contributed by atoms with van der Waals surface area (Å²) >= 11 is 0. The number of rotatable bonds is 3. The van der Waals surface area contributed by atoms with Crippen LogP contribution in [-0.4, -0.2) is 15.9 Å². The van der Waals surface area contributed by atoms with E-state index in [0.29, 0.717) is 11.3 Å². The first kappa shape index (κ1) is 18.9. The summed E-state index contributed by atoms with van der Waals surface area (Å²) in [5, 5.41) is 0. The Morgan fingerprint density at radius 1 is 1.12 bits per heavy atom. The van der Waals surface area contributed by atoms with Crippen LogP contribution in [0.25, 0.3) is 0 Å². The van der Waals surface area contributed by atoms with Crippen LogP contribution in [0.1, 0.15) is 49.3 Å². The first-order valence-corrected chi connectivity index (χ1v) is 7.65. The average Bonchev–Trinajstić information content (AvgIpc) is 2.51. The number of benzene rings is 1. The van der Waals surface area contributed by atoms with Gasteiger partial charge in [0.05, 0.1) is 11.0 Å². The average molecular weight is 352 g/mol. The van der Waals surface area contributed by atoms with E-state index < -0.39 is 29.2 Å². The maximum Gasteiger partial charge on any atom is 0.416 e. The number of esters is 1. The summed E-state index contributed by atoms with van der Waals surface area (Å²) in [5.41, 5.74) is -1.11. The molecule has 1 aromatic carbocycles. The highest BCUT2D eigenvalue weighted by Gasteiger charge is 2.38. The molecule has 0 amide bonds. The molecule has 134 valence electrons. The van der Waals surface area contributed by atoms with Gasteiger partial charge in [0.1, 0.15) is 6.33 Å². The molecule has 4 nitrogen and oxygen atoms in total. The quantitative estimate of drug-likeness (QED) is 0.764. The van der Waals surface area contributed by atoms with Crippen molar-refractivity contribution in [2.45, 2.75) is 40.0 Å². The van der Waals surface area contributed by atoms with E-state index in [1.54, 1.807) is 27.7 Å². The number of carbonyl (C=O) groups excluding carboxylic acids is 1. The standard InChI is InChI=1S/C18H19F3N2O2/c1-11-13(9-22-10-23-11)15(25-16(24)17(2,3)4)12-7-5-6-8-14(12)18(19,20)21/h5-10,15H,1-4H3. The summed E-state index contributed by atoms with van der Waals surface area (Å²) in [4.78, 5) is 20.2. The second kappa shape index (κ2) is 6.82. The maximum atomic E-state index is 13.4. The Morgan fingerprint density at radius 3 is 2.32 bits per heavy atom. The molecule has 0 aliphatic heterocycles. The summed E-state index contributed by atoms with van der Waals surface area (Å²) in [6.45, 7) is 6.54. The van der Waals surface area contributed by atoms with E-state index in [2.05, 4.69) is 9.97 Å². The molecule has 2 rings (SSSR count). The van der Waals surface area contributed by atoms with E-state index in [1.807, 2.05) is 0 Å². The largest absolute Gasteiger partial charge is 0.452 e. The fourth-order valence-corrected chi connectivity index (χ4v) is 2.22. The molecule has 0 fully saturated rings. The number of ether oxygens (including phenoxy) is 1. The van der Waals surface area contributed by atoms with Crippen molar-refractivity contribution >= 4 is 5.97 Å². The molecule has 0 saturated carbocycles. The van der Waals surface area contributed by atoms with Crippen LogP contribution in [0.15, 0.2) is 36.8 Å². The number of nitrogens with zero attached hydrogens (tertiary/aromatic N) is 2. The van der Waals surface area contributed by atoms with E-state index in [0.717, 1.165) is 6.07 Å². The number of hydrogen-bond acceptors (Lipinski definition) is 4. The lowest BCUT2D eigenvalue weighted by Gasteiger charge is -2.26. The Bertz CT molecular complexity index is 767. The number of hydrogen-bond donors (Lipinski definition) is 0. The van der Waals surface area contributed by atoms with Gasteiger partial charge in [-0.1, -0.05) is 18.2 Å². The molecular weight excluding hydrogens is 333 g/mol.